The van der Waals surface area contributed by atoms with E-state index in [0.29, 0.717) is 19.2 Å². The molecule has 1 spiro atoms. The highest BCUT2D eigenvalue weighted by atomic mass is 32.2. The van der Waals surface area contributed by atoms with Crippen molar-refractivity contribution >= 4 is 10.0 Å². The summed E-state index contributed by atoms with van der Waals surface area (Å²) in [5, 5.41) is 0. The molecule has 0 aliphatic carbocycles. The Morgan fingerprint density at radius 1 is 1.12 bits per heavy atom. The molecule has 1 atom stereocenters. The fourth-order valence-corrected chi connectivity index (χ4v) is 5.60. The maximum absolute atomic E-state index is 13.4. The Hall–Kier alpha value is -1.31. The van der Waals surface area contributed by atoms with Crippen molar-refractivity contribution in [3.63, 3.8) is 0 Å². The first-order valence-electron chi connectivity index (χ1n) is 8.20. The summed E-state index contributed by atoms with van der Waals surface area (Å²) in [6, 6.07) is 2.45. The Kier molecular flexibility index (Phi) is 4.77. The zero-order chi connectivity index (χ0) is 17.4. The lowest BCUT2D eigenvalue weighted by Crippen LogP contribution is -2.56. The molecule has 132 valence electrons. The Morgan fingerprint density at radius 3 is 2.38 bits per heavy atom. The maximum Gasteiger partial charge on any atom is 0.243 e. The molecule has 3 rings (SSSR count). The predicted molar refractivity (Wildman–Crippen MR) is 88.1 cm³/mol. The normalized spacial score (nSPS) is 26.1. The lowest BCUT2D eigenvalue weighted by molar-refractivity contribution is 0.0841. The molecule has 0 bridgehead atoms. The lowest BCUT2D eigenvalue weighted by atomic mass is 9.87. The number of halogens is 2. The third kappa shape index (κ3) is 3.12. The van der Waals surface area contributed by atoms with Crippen molar-refractivity contribution in [3.8, 4) is 0 Å². The minimum Gasteiger partial charge on any atom is -0.293 e. The predicted octanol–water partition coefficient (Wildman–Crippen LogP) is 2.77. The fraction of sp³-hybridized carbons (Fsp3) is 0.529. The number of hydrogen-bond donors (Lipinski definition) is 0. The van der Waals surface area contributed by atoms with Crippen LogP contribution in [0.3, 0.4) is 0 Å². The van der Waals surface area contributed by atoms with E-state index in [4.69, 9.17) is 0 Å². The van der Waals surface area contributed by atoms with E-state index in [-0.39, 0.29) is 10.4 Å². The summed E-state index contributed by atoms with van der Waals surface area (Å²) in [5.74, 6) is -1.76. The molecule has 0 saturated carbocycles. The summed E-state index contributed by atoms with van der Waals surface area (Å²) in [6.45, 7) is 6.17. The van der Waals surface area contributed by atoms with Gasteiger partial charge in [0, 0.05) is 31.2 Å². The van der Waals surface area contributed by atoms with Gasteiger partial charge in [0.15, 0.2) is 0 Å². The summed E-state index contributed by atoms with van der Waals surface area (Å²) in [5.41, 5.74) is -0.189. The van der Waals surface area contributed by atoms with Crippen LogP contribution in [0.25, 0.3) is 0 Å². The van der Waals surface area contributed by atoms with Crippen molar-refractivity contribution in [2.24, 2.45) is 0 Å². The maximum atomic E-state index is 13.4. The van der Waals surface area contributed by atoms with Crippen LogP contribution in [0, 0.1) is 11.6 Å². The van der Waals surface area contributed by atoms with Crippen LogP contribution < -0.4 is 0 Å². The van der Waals surface area contributed by atoms with Crippen LogP contribution in [0.1, 0.15) is 25.7 Å². The van der Waals surface area contributed by atoms with Gasteiger partial charge in [-0.05, 0) is 44.4 Å². The van der Waals surface area contributed by atoms with E-state index in [9.17, 15) is 17.2 Å². The van der Waals surface area contributed by atoms with Crippen molar-refractivity contribution in [3.05, 3.63) is 42.5 Å². The van der Waals surface area contributed by atoms with E-state index in [1.807, 2.05) is 6.08 Å². The summed E-state index contributed by atoms with van der Waals surface area (Å²) < 4.78 is 54.0. The minimum atomic E-state index is -3.91. The van der Waals surface area contributed by atoms with Crippen LogP contribution in [0.2, 0.25) is 0 Å². The number of hydrogen-bond acceptors (Lipinski definition) is 3. The van der Waals surface area contributed by atoms with E-state index in [1.165, 1.54) is 4.31 Å². The number of rotatable bonds is 4. The summed E-state index contributed by atoms with van der Waals surface area (Å²) in [4.78, 5) is 1.97. The van der Waals surface area contributed by atoms with Crippen molar-refractivity contribution in [1.29, 1.82) is 0 Å². The highest BCUT2D eigenvalue weighted by Crippen LogP contribution is 2.38. The fourth-order valence-electron chi connectivity index (χ4n) is 4.00. The molecule has 0 N–H and O–H groups in total. The molecule has 24 heavy (non-hydrogen) atoms. The number of likely N-dealkylation sites (tertiary alicyclic amines) is 1. The van der Waals surface area contributed by atoms with E-state index < -0.39 is 21.7 Å². The molecular formula is C17H22F2N2O2S. The number of benzene rings is 1. The van der Waals surface area contributed by atoms with Gasteiger partial charge in [-0.2, -0.15) is 4.31 Å². The average Bonchev–Trinajstić information content (AvgIpc) is 2.89. The van der Waals surface area contributed by atoms with Gasteiger partial charge in [0.05, 0.1) is 4.90 Å². The molecule has 4 nitrogen and oxygen atoms in total. The molecule has 7 heteroatoms. The smallest absolute Gasteiger partial charge is 0.243 e. The summed E-state index contributed by atoms with van der Waals surface area (Å²) in [6.07, 6.45) is 5.47. The topological polar surface area (TPSA) is 40.6 Å². The van der Waals surface area contributed by atoms with Gasteiger partial charge in [0.1, 0.15) is 11.6 Å². The minimum absolute atomic E-state index is 0.189. The molecule has 1 unspecified atom stereocenters. The van der Waals surface area contributed by atoms with Crippen molar-refractivity contribution in [2.75, 3.05) is 26.2 Å². The second-order valence-electron chi connectivity index (χ2n) is 6.61. The van der Waals surface area contributed by atoms with Gasteiger partial charge in [-0.3, -0.25) is 4.90 Å². The molecule has 2 fully saturated rings. The number of sulfonamides is 1. The average molecular weight is 356 g/mol. The number of nitrogens with zero attached hydrogens (tertiary/aromatic N) is 2. The summed E-state index contributed by atoms with van der Waals surface area (Å²) in [7, 11) is -3.91. The first-order chi connectivity index (χ1) is 11.4. The molecular weight excluding hydrogens is 334 g/mol. The molecule has 2 heterocycles. The van der Waals surface area contributed by atoms with Gasteiger partial charge in [0.2, 0.25) is 10.0 Å². The van der Waals surface area contributed by atoms with Crippen molar-refractivity contribution in [1.82, 2.24) is 9.21 Å². The Balaban J connectivity index is 1.90. The van der Waals surface area contributed by atoms with E-state index >= 15 is 0 Å². The van der Waals surface area contributed by atoms with Gasteiger partial charge in [-0.15, -0.1) is 6.58 Å². The van der Waals surface area contributed by atoms with E-state index in [2.05, 4.69) is 11.5 Å². The van der Waals surface area contributed by atoms with Gasteiger partial charge in [-0.25, -0.2) is 17.2 Å². The van der Waals surface area contributed by atoms with E-state index in [1.54, 1.807) is 0 Å². The Morgan fingerprint density at radius 2 is 1.75 bits per heavy atom. The monoisotopic (exact) mass is 356 g/mol. The Bertz CT molecular complexity index is 718. The quantitative estimate of drug-likeness (QED) is 0.779. The lowest BCUT2D eigenvalue weighted by Gasteiger charge is -2.45. The zero-order valence-corrected chi connectivity index (χ0v) is 14.4. The largest absolute Gasteiger partial charge is 0.293 e. The van der Waals surface area contributed by atoms with Gasteiger partial charge < -0.3 is 0 Å². The van der Waals surface area contributed by atoms with Crippen molar-refractivity contribution < 1.29 is 17.2 Å². The van der Waals surface area contributed by atoms with Gasteiger partial charge in [-0.1, -0.05) is 6.08 Å². The second kappa shape index (κ2) is 6.54. The highest BCUT2D eigenvalue weighted by Gasteiger charge is 2.46. The molecule has 0 aromatic heterocycles. The zero-order valence-electron chi connectivity index (χ0n) is 13.5. The summed E-state index contributed by atoms with van der Waals surface area (Å²) >= 11 is 0. The van der Waals surface area contributed by atoms with Crippen molar-refractivity contribution in [2.45, 2.75) is 36.1 Å². The first-order valence-corrected chi connectivity index (χ1v) is 9.64. The highest BCUT2D eigenvalue weighted by molar-refractivity contribution is 7.89. The molecule has 0 radical (unpaired) electrons. The molecule has 2 saturated heterocycles. The van der Waals surface area contributed by atoms with Crippen LogP contribution in [-0.4, -0.2) is 49.3 Å². The van der Waals surface area contributed by atoms with Gasteiger partial charge >= 0.3 is 0 Å². The molecule has 2 aliphatic rings. The molecule has 2 aliphatic heterocycles. The SMILES string of the molecule is C=CCN1CCCC12CCCN(S(=O)(=O)c1cc(F)cc(F)c1)C2. The third-order valence-electron chi connectivity index (χ3n) is 5.08. The van der Waals surface area contributed by atoms with Crippen LogP contribution in [0.5, 0.6) is 0 Å². The third-order valence-corrected chi connectivity index (χ3v) is 6.91. The van der Waals surface area contributed by atoms with Crippen LogP contribution in [-0.2, 0) is 10.0 Å². The molecule has 1 aromatic carbocycles. The van der Waals surface area contributed by atoms with Crippen LogP contribution in [0.15, 0.2) is 35.7 Å². The van der Waals surface area contributed by atoms with E-state index in [0.717, 1.165) is 50.9 Å². The second-order valence-corrected chi connectivity index (χ2v) is 8.55. The molecule has 0 amide bonds. The number of piperidine rings is 1. The van der Waals surface area contributed by atoms with Crippen LogP contribution >= 0.6 is 0 Å². The Labute approximate surface area is 141 Å². The standard InChI is InChI=1S/C17H22F2N2O2S/c1-2-7-20-8-3-5-17(20)6-4-9-21(13-17)24(22,23)16-11-14(18)10-15(19)12-16/h2,10-12H,1,3-9,13H2. The van der Waals surface area contributed by atoms with Crippen LogP contribution in [0.4, 0.5) is 8.78 Å². The molecule has 1 aromatic rings. The first kappa shape index (κ1) is 17.5. The van der Waals surface area contributed by atoms with Gasteiger partial charge in [0.25, 0.3) is 0 Å².